The first kappa shape index (κ1) is 26.8. The van der Waals surface area contributed by atoms with Crippen LogP contribution in [0.25, 0.3) is 21.5 Å². The van der Waals surface area contributed by atoms with Crippen molar-refractivity contribution in [2.45, 2.75) is 43.0 Å². The number of nitrogens with one attached hydrogen (secondary N) is 2. The van der Waals surface area contributed by atoms with Crippen LogP contribution in [0.3, 0.4) is 0 Å². The van der Waals surface area contributed by atoms with Crippen molar-refractivity contribution < 1.29 is 17.4 Å². The molecule has 0 aliphatic carbocycles. The lowest BCUT2D eigenvalue weighted by Gasteiger charge is -2.30. The van der Waals surface area contributed by atoms with Gasteiger partial charge in [0, 0.05) is 56.2 Å². The van der Waals surface area contributed by atoms with Gasteiger partial charge in [0.15, 0.2) is 0 Å². The zero-order valence-electron chi connectivity index (χ0n) is 21.3. The smallest absolute Gasteiger partial charge is 0.382 e. The van der Waals surface area contributed by atoms with Crippen LogP contribution in [-0.2, 0) is 23.9 Å². The van der Waals surface area contributed by atoms with E-state index in [9.17, 15) is 17.4 Å². The summed E-state index contributed by atoms with van der Waals surface area (Å²) >= 11 is 1.49. The topological polar surface area (TPSA) is 49.3 Å². The van der Waals surface area contributed by atoms with Crippen molar-refractivity contribution in [1.82, 2.24) is 9.47 Å². The maximum absolute atomic E-state index is 13.7. The van der Waals surface area contributed by atoms with Crippen LogP contribution < -0.4 is 10.6 Å². The van der Waals surface area contributed by atoms with Gasteiger partial charge in [0.25, 0.3) is 0 Å². The Morgan fingerprint density at radius 1 is 1.05 bits per heavy atom. The average Bonchev–Trinajstić information content (AvgIpc) is 3.49. The first-order chi connectivity index (χ1) is 18.2. The van der Waals surface area contributed by atoms with Crippen molar-refractivity contribution in [2.24, 2.45) is 0 Å². The number of fused-ring (bicyclic) bond motifs is 1. The van der Waals surface area contributed by atoms with Gasteiger partial charge in [-0.25, -0.2) is 0 Å². The molecule has 1 aliphatic heterocycles. The summed E-state index contributed by atoms with van der Waals surface area (Å²) in [6.45, 7) is 1.51. The molecule has 5 nitrogen and oxygen atoms in total. The second-order valence-electron chi connectivity index (χ2n) is 9.79. The number of alkyl halides is 3. The first-order valence-electron chi connectivity index (χ1n) is 12.6. The number of likely N-dealkylation sites (tertiary alicyclic amines) is 1. The molecule has 3 heterocycles. The summed E-state index contributed by atoms with van der Waals surface area (Å²) in [7, 11) is 1.08. The van der Waals surface area contributed by atoms with Gasteiger partial charge >= 0.3 is 6.18 Å². The Bertz CT molecular complexity index is 1420. The quantitative estimate of drug-likeness (QED) is 0.249. The summed E-state index contributed by atoms with van der Waals surface area (Å²) in [5.74, 6) is 0. The van der Waals surface area contributed by atoms with Gasteiger partial charge < -0.3 is 20.1 Å². The maximum Gasteiger partial charge on any atom is 0.406 e. The third-order valence-corrected chi connectivity index (χ3v) is 8.97. The highest BCUT2D eigenvalue weighted by Gasteiger charge is 2.31. The Hall–Kier alpha value is -2.82. The van der Waals surface area contributed by atoms with Crippen LogP contribution in [0.5, 0.6) is 0 Å². The number of hydrogen-bond acceptors (Lipinski definition) is 5. The minimum Gasteiger partial charge on any atom is -0.382 e. The summed E-state index contributed by atoms with van der Waals surface area (Å²) in [6, 6.07) is 19.0. The minimum absolute atomic E-state index is 0.303. The third kappa shape index (κ3) is 6.24. The Morgan fingerprint density at radius 3 is 2.47 bits per heavy atom. The standard InChI is InChI=1S/C28H31F3N4OS2/c1-34-14-12-20(13-15-34)33-24-4-3-5-25-23(24)16-26(35(25)18-28(29,30)31)27-11-8-21(37-27)17-32-19-6-9-22(10-7-19)38(2)36/h3-11,16,20,32-33H,12-15,17-18H2,1-2H3. The lowest BCUT2D eigenvalue weighted by atomic mass is 10.0. The summed E-state index contributed by atoms with van der Waals surface area (Å²) in [5, 5.41) is 7.76. The Kier molecular flexibility index (Phi) is 7.83. The summed E-state index contributed by atoms with van der Waals surface area (Å²) in [6.07, 6.45) is -0.692. The van der Waals surface area contributed by atoms with Gasteiger partial charge in [-0.05, 0) is 87.6 Å². The predicted molar refractivity (Wildman–Crippen MR) is 152 cm³/mol. The second kappa shape index (κ2) is 11.1. The van der Waals surface area contributed by atoms with Gasteiger partial charge in [-0.3, -0.25) is 4.21 Å². The number of aromatic nitrogens is 1. The van der Waals surface area contributed by atoms with E-state index in [4.69, 9.17) is 0 Å². The molecule has 2 aromatic carbocycles. The lowest BCUT2D eigenvalue weighted by molar-refractivity contribution is -0.139. The lowest BCUT2D eigenvalue weighted by Crippen LogP contribution is -2.36. The fraction of sp³-hybridized carbons (Fsp3) is 0.357. The van der Waals surface area contributed by atoms with E-state index in [1.165, 1.54) is 15.9 Å². The number of piperidine rings is 1. The van der Waals surface area contributed by atoms with Gasteiger partial charge in [-0.15, -0.1) is 11.3 Å². The molecule has 0 spiro atoms. The van der Waals surface area contributed by atoms with E-state index < -0.39 is 23.5 Å². The highest BCUT2D eigenvalue weighted by molar-refractivity contribution is 7.84. The van der Waals surface area contributed by atoms with Crippen molar-refractivity contribution in [3.05, 3.63) is 65.5 Å². The molecule has 1 aliphatic rings. The summed E-state index contributed by atoms with van der Waals surface area (Å²) in [5.41, 5.74) is 2.93. The fourth-order valence-corrected chi connectivity index (χ4v) is 6.39. The van der Waals surface area contributed by atoms with Crippen LogP contribution in [0.2, 0.25) is 0 Å². The Morgan fingerprint density at radius 2 is 1.79 bits per heavy atom. The molecule has 1 atom stereocenters. The molecule has 4 aromatic rings. The molecule has 2 N–H and O–H groups in total. The van der Waals surface area contributed by atoms with Crippen LogP contribution in [0.1, 0.15) is 17.7 Å². The zero-order valence-corrected chi connectivity index (χ0v) is 23.0. The summed E-state index contributed by atoms with van der Waals surface area (Å²) in [4.78, 5) is 4.86. The predicted octanol–water partition coefficient (Wildman–Crippen LogP) is 6.79. The number of hydrogen-bond donors (Lipinski definition) is 2. The molecule has 0 amide bonds. The SMILES string of the molecule is CN1CCC(Nc2cccc3c2cc(-c2ccc(CNc4ccc(S(C)=O)cc4)s2)n3CC(F)(F)F)CC1. The molecule has 2 aromatic heterocycles. The average molecular weight is 561 g/mol. The van der Waals surface area contributed by atoms with Crippen LogP contribution >= 0.6 is 11.3 Å². The van der Waals surface area contributed by atoms with Gasteiger partial charge in [0.05, 0.1) is 16.1 Å². The molecule has 0 bridgehead atoms. The number of thiophene rings is 1. The zero-order chi connectivity index (χ0) is 26.9. The van der Waals surface area contributed by atoms with Gasteiger partial charge in [-0.2, -0.15) is 13.2 Å². The van der Waals surface area contributed by atoms with Crippen LogP contribution in [-0.4, -0.2) is 52.3 Å². The number of benzene rings is 2. The highest BCUT2D eigenvalue weighted by Crippen LogP contribution is 2.38. The second-order valence-corrected chi connectivity index (χ2v) is 12.3. The molecule has 1 saturated heterocycles. The molecular formula is C28H31F3N4OS2. The molecule has 0 saturated carbocycles. The van der Waals surface area contributed by atoms with E-state index >= 15 is 0 Å². The van der Waals surface area contributed by atoms with Crippen molar-refractivity contribution in [2.75, 3.05) is 37.0 Å². The van der Waals surface area contributed by atoms with E-state index in [1.54, 1.807) is 12.3 Å². The first-order valence-corrected chi connectivity index (χ1v) is 14.9. The molecule has 10 heteroatoms. The highest BCUT2D eigenvalue weighted by atomic mass is 32.2. The van der Waals surface area contributed by atoms with Crippen molar-refractivity contribution >= 4 is 44.4 Å². The molecule has 1 unspecified atom stereocenters. The Labute approximate surface area is 227 Å². The molecular weight excluding hydrogens is 529 g/mol. The van der Waals surface area contributed by atoms with Gasteiger partial charge in [-0.1, -0.05) is 6.07 Å². The van der Waals surface area contributed by atoms with Crippen LogP contribution in [0.4, 0.5) is 24.5 Å². The van der Waals surface area contributed by atoms with Crippen molar-refractivity contribution in [1.29, 1.82) is 0 Å². The van der Waals surface area contributed by atoms with E-state index in [-0.39, 0.29) is 0 Å². The van der Waals surface area contributed by atoms with E-state index in [1.807, 2.05) is 54.6 Å². The monoisotopic (exact) mass is 560 g/mol. The van der Waals surface area contributed by atoms with E-state index in [2.05, 4.69) is 22.6 Å². The van der Waals surface area contributed by atoms with Gasteiger partial charge in [0.1, 0.15) is 6.54 Å². The molecule has 1 fully saturated rings. The van der Waals surface area contributed by atoms with E-state index in [0.29, 0.717) is 23.8 Å². The number of rotatable bonds is 8. The summed E-state index contributed by atoms with van der Waals surface area (Å²) < 4.78 is 54.0. The third-order valence-electron chi connectivity index (χ3n) is 6.93. The van der Waals surface area contributed by atoms with Gasteiger partial charge in [0.2, 0.25) is 0 Å². The minimum atomic E-state index is -4.34. The largest absolute Gasteiger partial charge is 0.406 e. The normalized spacial score (nSPS) is 16.1. The molecule has 0 radical (unpaired) electrons. The van der Waals surface area contributed by atoms with E-state index in [0.717, 1.165) is 57.3 Å². The van der Waals surface area contributed by atoms with Crippen LogP contribution in [0.15, 0.2) is 65.6 Å². The number of anilines is 2. The molecule has 202 valence electrons. The number of nitrogens with zero attached hydrogens (tertiary/aromatic N) is 2. The van der Waals surface area contributed by atoms with Crippen molar-refractivity contribution in [3.63, 3.8) is 0 Å². The maximum atomic E-state index is 13.7. The number of halogens is 3. The fourth-order valence-electron chi connectivity index (χ4n) is 4.90. The molecule has 38 heavy (non-hydrogen) atoms. The van der Waals surface area contributed by atoms with Crippen LogP contribution in [0, 0.1) is 0 Å². The Balaban J connectivity index is 1.41. The van der Waals surface area contributed by atoms with Crippen molar-refractivity contribution in [3.8, 4) is 10.6 Å². The molecule has 5 rings (SSSR count).